The van der Waals surface area contributed by atoms with E-state index in [1.165, 1.54) is 24.3 Å². The van der Waals surface area contributed by atoms with Gasteiger partial charge in [0.2, 0.25) is 0 Å². The molecule has 0 bridgehead atoms. The molecule has 0 aliphatic heterocycles. The number of nitrogens with zero attached hydrogens (tertiary/aromatic N) is 1. The smallest absolute Gasteiger partial charge is 0.204 e. The van der Waals surface area contributed by atoms with Crippen molar-refractivity contribution in [2.24, 2.45) is 3.77 Å². The van der Waals surface area contributed by atoms with E-state index in [2.05, 4.69) is 3.77 Å². The summed E-state index contributed by atoms with van der Waals surface area (Å²) in [4.78, 5) is -0.135. The summed E-state index contributed by atoms with van der Waals surface area (Å²) in [5, 5.41) is 0. The second kappa shape index (κ2) is 8.05. The highest BCUT2D eigenvalue weighted by Gasteiger charge is 2.41. The first-order valence-corrected chi connectivity index (χ1v) is 9.51. The van der Waals surface area contributed by atoms with Gasteiger partial charge in [0, 0.05) is 5.75 Å². The molecule has 0 heterocycles. The fourth-order valence-electron chi connectivity index (χ4n) is 1.51. The van der Waals surface area contributed by atoms with Gasteiger partial charge < -0.3 is 0 Å². The van der Waals surface area contributed by atoms with Crippen molar-refractivity contribution in [2.45, 2.75) is 37.0 Å². The van der Waals surface area contributed by atoms with Gasteiger partial charge in [0.15, 0.2) is 0 Å². The van der Waals surface area contributed by atoms with Crippen molar-refractivity contribution in [3.8, 4) is 0 Å². The standard InChI is InChI=1S/C13H17F4NO2S2/c1-2-3-9-21(10-13(16,17)12(14)15)18-22(19,20)11-7-5-4-6-8-11/h4-8,12H,2-3,9-10H2,1H3/t21-/m0/s1. The van der Waals surface area contributed by atoms with Crippen LogP contribution in [-0.4, -0.2) is 32.3 Å². The summed E-state index contributed by atoms with van der Waals surface area (Å²) in [7, 11) is -5.81. The van der Waals surface area contributed by atoms with Gasteiger partial charge >= 0.3 is 12.3 Å². The van der Waals surface area contributed by atoms with Crippen molar-refractivity contribution in [1.29, 1.82) is 0 Å². The topological polar surface area (TPSA) is 46.5 Å². The van der Waals surface area contributed by atoms with Crippen LogP contribution in [0.1, 0.15) is 19.8 Å². The van der Waals surface area contributed by atoms with Crippen molar-refractivity contribution >= 4 is 20.7 Å². The van der Waals surface area contributed by atoms with Crippen LogP contribution in [0.5, 0.6) is 0 Å². The van der Waals surface area contributed by atoms with Gasteiger partial charge in [-0.3, -0.25) is 0 Å². The monoisotopic (exact) mass is 359 g/mol. The Bertz CT molecular complexity index is 604. The highest BCUT2D eigenvalue weighted by atomic mass is 32.3. The average Bonchev–Trinajstić information content (AvgIpc) is 2.45. The quantitative estimate of drug-likeness (QED) is 0.662. The first kappa shape index (κ1) is 19.1. The molecule has 0 amide bonds. The summed E-state index contributed by atoms with van der Waals surface area (Å²) in [6.07, 6.45) is -2.76. The zero-order valence-corrected chi connectivity index (χ0v) is 13.5. The molecule has 0 spiro atoms. The van der Waals surface area contributed by atoms with Crippen molar-refractivity contribution in [3.05, 3.63) is 30.3 Å². The molecule has 0 N–H and O–H groups in total. The Balaban J connectivity index is 3.10. The summed E-state index contributed by atoms with van der Waals surface area (Å²) in [5.41, 5.74) is 0. The molecular formula is C13H17F4NO2S2. The van der Waals surface area contributed by atoms with Gasteiger partial charge in [0.05, 0.1) is 10.6 Å². The van der Waals surface area contributed by atoms with Gasteiger partial charge in [-0.1, -0.05) is 42.2 Å². The molecule has 0 fully saturated rings. The minimum Gasteiger partial charge on any atom is -0.204 e. The van der Waals surface area contributed by atoms with Crippen molar-refractivity contribution in [2.75, 3.05) is 11.5 Å². The van der Waals surface area contributed by atoms with Crippen molar-refractivity contribution < 1.29 is 26.0 Å². The molecule has 22 heavy (non-hydrogen) atoms. The Hall–Kier alpha value is -0.960. The molecule has 1 aromatic rings. The highest BCUT2D eigenvalue weighted by molar-refractivity contribution is 8.00. The van der Waals surface area contributed by atoms with Gasteiger partial charge in [-0.2, -0.15) is 17.2 Å². The largest absolute Gasteiger partial charge is 0.317 e. The molecule has 0 aromatic heterocycles. The Labute approximate surface area is 129 Å². The number of sulfonamides is 1. The number of benzene rings is 1. The van der Waals surface area contributed by atoms with E-state index in [4.69, 9.17) is 0 Å². The third-order valence-corrected chi connectivity index (χ3v) is 6.63. The maximum Gasteiger partial charge on any atom is 0.317 e. The number of halogens is 4. The second-order valence-electron chi connectivity index (χ2n) is 4.59. The predicted molar refractivity (Wildman–Crippen MR) is 79.0 cm³/mol. The molecule has 9 heteroatoms. The lowest BCUT2D eigenvalue weighted by Gasteiger charge is -2.17. The summed E-state index contributed by atoms with van der Waals surface area (Å²) in [6, 6.07) is 7.11. The third kappa shape index (κ3) is 5.68. The van der Waals surface area contributed by atoms with Crippen LogP contribution in [0.25, 0.3) is 0 Å². The molecule has 126 valence electrons. The fourth-order valence-corrected chi connectivity index (χ4v) is 5.31. The van der Waals surface area contributed by atoms with Crippen LogP contribution in [0.2, 0.25) is 0 Å². The van der Waals surface area contributed by atoms with Crippen LogP contribution in [0.4, 0.5) is 17.6 Å². The predicted octanol–water partition coefficient (Wildman–Crippen LogP) is 3.88. The van der Waals surface area contributed by atoms with Gasteiger partial charge in [-0.15, -0.1) is 3.77 Å². The van der Waals surface area contributed by atoms with Gasteiger partial charge in [-0.05, 0) is 18.6 Å². The summed E-state index contributed by atoms with van der Waals surface area (Å²) < 4.78 is 78.6. The number of alkyl halides is 4. The molecule has 0 saturated carbocycles. The molecule has 0 aliphatic rings. The van der Waals surface area contributed by atoms with Crippen LogP contribution in [0.3, 0.4) is 0 Å². The second-order valence-corrected chi connectivity index (χ2v) is 8.23. The van der Waals surface area contributed by atoms with E-state index < -0.39 is 38.8 Å². The van der Waals surface area contributed by atoms with Crippen molar-refractivity contribution in [3.63, 3.8) is 0 Å². The third-order valence-electron chi connectivity index (χ3n) is 2.66. The lowest BCUT2D eigenvalue weighted by molar-refractivity contribution is -0.110. The van der Waals surface area contributed by atoms with Crippen LogP contribution in [-0.2, 0) is 20.7 Å². The first-order valence-electron chi connectivity index (χ1n) is 6.55. The Kier molecular flexibility index (Phi) is 6.98. The molecule has 1 rings (SSSR count). The SMILES string of the molecule is CCCC[S@@](CC(F)(F)C(F)F)=NS(=O)(=O)c1ccccc1. The van der Waals surface area contributed by atoms with Gasteiger partial charge in [0.1, 0.15) is 0 Å². The normalized spacial score (nSPS) is 14.5. The molecule has 0 aliphatic carbocycles. The zero-order chi connectivity index (χ0) is 16.8. The van der Waals surface area contributed by atoms with E-state index in [-0.39, 0.29) is 10.6 Å². The number of hydrogen-bond acceptors (Lipinski definition) is 2. The molecule has 1 atom stereocenters. The van der Waals surface area contributed by atoms with Gasteiger partial charge in [0.25, 0.3) is 10.0 Å². The molecule has 0 saturated heterocycles. The summed E-state index contributed by atoms with van der Waals surface area (Å²) in [5.74, 6) is -5.45. The van der Waals surface area contributed by atoms with Gasteiger partial charge in [-0.25, -0.2) is 8.78 Å². The Morgan fingerprint density at radius 1 is 1.23 bits per heavy atom. The summed E-state index contributed by atoms with van der Waals surface area (Å²) in [6.45, 7) is 1.79. The summed E-state index contributed by atoms with van der Waals surface area (Å²) >= 11 is 0. The first-order chi connectivity index (χ1) is 10.2. The lowest BCUT2D eigenvalue weighted by Crippen LogP contribution is -2.34. The van der Waals surface area contributed by atoms with E-state index >= 15 is 0 Å². The van der Waals surface area contributed by atoms with E-state index in [1.54, 1.807) is 13.0 Å². The number of hydrogen-bond donors (Lipinski definition) is 0. The highest BCUT2D eigenvalue weighted by Crippen LogP contribution is 2.25. The molecular weight excluding hydrogens is 342 g/mol. The fraction of sp³-hybridized carbons (Fsp3) is 0.538. The average molecular weight is 359 g/mol. The molecule has 0 unspecified atom stereocenters. The van der Waals surface area contributed by atoms with Crippen LogP contribution >= 0.6 is 0 Å². The Morgan fingerprint density at radius 2 is 1.82 bits per heavy atom. The van der Waals surface area contributed by atoms with E-state index in [9.17, 15) is 26.0 Å². The molecule has 1 aromatic carbocycles. The molecule has 0 radical (unpaired) electrons. The maximum absolute atomic E-state index is 13.2. The van der Waals surface area contributed by atoms with E-state index in [0.29, 0.717) is 12.8 Å². The molecule has 3 nitrogen and oxygen atoms in total. The minimum atomic E-state index is -4.24. The van der Waals surface area contributed by atoms with Crippen LogP contribution in [0, 0.1) is 0 Å². The Morgan fingerprint density at radius 3 is 2.32 bits per heavy atom. The number of rotatable bonds is 8. The van der Waals surface area contributed by atoms with E-state index in [1.807, 2.05) is 0 Å². The van der Waals surface area contributed by atoms with Crippen LogP contribution < -0.4 is 0 Å². The van der Waals surface area contributed by atoms with Crippen molar-refractivity contribution in [1.82, 2.24) is 0 Å². The maximum atomic E-state index is 13.2. The van der Waals surface area contributed by atoms with Crippen LogP contribution in [0.15, 0.2) is 39.0 Å². The lowest BCUT2D eigenvalue weighted by atomic mass is 10.4. The zero-order valence-electron chi connectivity index (χ0n) is 11.9. The number of unbranched alkanes of at least 4 members (excludes halogenated alkanes) is 1. The van der Waals surface area contributed by atoms with E-state index in [0.717, 1.165) is 0 Å². The minimum absolute atomic E-state index is 0.0465.